The van der Waals surface area contributed by atoms with E-state index >= 15 is 0 Å². The van der Waals surface area contributed by atoms with Crippen molar-refractivity contribution >= 4 is 16.0 Å². The smallest absolute Gasteiger partial charge is 0.312 e. The maximum atomic E-state index is 12.4. The molecule has 1 aromatic carbocycles. The Labute approximate surface area is 132 Å². The van der Waals surface area contributed by atoms with Gasteiger partial charge in [-0.1, -0.05) is 24.3 Å². The minimum absolute atomic E-state index is 0.219. The van der Waals surface area contributed by atoms with E-state index in [1.165, 1.54) is 12.7 Å². The standard InChI is InChI=1S/C16H23NO4S/c1-16(2,15(18)21-3)11-22(19,20)17-14-10-6-8-12-7-4-5-9-13(12)14/h4-5,7,9,14,17H,6,8,10-11H2,1-3H3. The van der Waals surface area contributed by atoms with Gasteiger partial charge in [-0.25, -0.2) is 13.1 Å². The van der Waals surface area contributed by atoms with Gasteiger partial charge in [-0.15, -0.1) is 0 Å². The zero-order valence-corrected chi connectivity index (χ0v) is 14.1. The van der Waals surface area contributed by atoms with E-state index in [9.17, 15) is 13.2 Å². The number of methoxy groups -OCH3 is 1. The molecule has 2 rings (SSSR count). The molecule has 1 aromatic rings. The number of nitrogens with one attached hydrogen (secondary N) is 1. The SMILES string of the molecule is COC(=O)C(C)(C)CS(=O)(=O)NC1CCCc2ccccc21. The van der Waals surface area contributed by atoms with Gasteiger partial charge in [0.25, 0.3) is 0 Å². The number of esters is 1. The van der Waals surface area contributed by atoms with E-state index in [4.69, 9.17) is 0 Å². The van der Waals surface area contributed by atoms with Gasteiger partial charge in [-0.05, 0) is 44.2 Å². The minimum Gasteiger partial charge on any atom is -0.469 e. The molecule has 122 valence electrons. The molecule has 5 nitrogen and oxygen atoms in total. The number of hydrogen-bond donors (Lipinski definition) is 1. The molecule has 0 radical (unpaired) electrons. The number of fused-ring (bicyclic) bond motifs is 1. The van der Waals surface area contributed by atoms with Crippen LogP contribution in [0.5, 0.6) is 0 Å². The van der Waals surface area contributed by atoms with Gasteiger partial charge in [0, 0.05) is 6.04 Å². The van der Waals surface area contributed by atoms with Crippen LogP contribution in [0.3, 0.4) is 0 Å². The molecular weight excluding hydrogens is 302 g/mol. The van der Waals surface area contributed by atoms with Crippen LogP contribution in [-0.4, -0.2) is 27.2 Å². The van der Waals surface area contributed by atoms with Crippen LogP contribution < -0.4 is 4.72 Å². The predicted molar refractivity (Wildman–Crippen MR) is 84.8 cm³/mol. The van der Waals surface area contributed by atoms with Gasteiger partial charge in [-0.3, -0.25) is 4.79 Å². The van der Waals surface area contributed by atoms with Crippen LogP contribution in [0, 0.1) is 5.41 Å². The molecule has 6 heteroatoms. The van der Waals surface area contributed by atoms with Gasteiger partial charge >= 0.3 is 5.97 Å². The normalized spacial score (nSPS) is 18.6. The molecule has 1 unspecified atom stereocenters. The van der Waals surface area contributed by atoms with Crippen molar-refractivity contribution in [3.63, 3.8) is 0 Å². The summed E-state index contributed by atoms with van der Waals surface area (Å²) in [4.78, 5) is 11.7. The second-order valence-corrected chi connectivity index (χ2v) is 8.15. The van der Waals surface area contributed by atoms with Crippen LogP contribution in [0.4, 0.5) is 0 Å². The summed E-state index contributed by atoms with van der Waals surface area (Å²) >= 11 is 0. The Bertz CT molecular complexity index is 652. The third kappa shape index (κ3) is 3.87. The molecule has 1 aliphatic carbocycles. The Balaban J connectivity index is 2.15. The Kier molecular flexibility index (Phi) is 4.92. The van der Waals surface area contributed by atoms with Crippen molar-refractivity contribution in [1.29, 1.82) is 0 Å². The van der Waals surface area contributed by atoms with Gasteiger partial charge in [0.1, 0.15) is 0 Å². The molecule has 0 fully saturated rings. The Morgan fingerprint density at radius 3 is 2.73 bits per heavy atom. The van der Waals surface area contributed by atoms with Crippen LogP contribution in [0.2, 0.25) is 0 Å². The average Bonchev–Trinajstić information content (AvgIpc) is 2.45. The van der Waals surface area contributed by atoms with Crippen molar-refractivity contribution in [3.8, 4) is 0 Å². The topological polar surface area (TPSA) is 72.5 Å². The van der Waals surface area contributed by atoms with Crippen LogP contribution in [0.15, 0.2) is 24.3 Å². The highest BCUT2D eigenvalue weighted by Crippen LogP contribution is 2.30. The lowest BCUT2D eigenvalue weighted by Crippen LogP contribution is -2.40. The van der Waals surface area contributed by atoms with Gasteiger partial charge in [-0.2, -0.15) is 0 Å². The Hall–Kier alpha value is -1.40. The fourth-order valence-electron chi connectivity index (χ4n) is 2.95. The lowest BCUT2D eigenvalue weighted by atomic mass is 9.88. The fourth-order valence-corrected chi connectivity index (χ4v) is 4.77. The monoisotopic (exact) mass is 325 g/mol. The highest BCUT2D eigenvalue weighted by atomic mass is 32.2. The molecule has 0 bridgehead atoms. The quantitative estimate of drug-likeness (QED) is 0.842. The van der Waals surface area contributed by atoms with Crippen LogP contribution in [-0.2, 0) is 26.0 Å². The second-order valence-electron chi connectivity index (χ2n) is 6.40. The van der Waals surface area contributed by atoms with Crippen molar-refractivity contribution in [3.05, 3.63) is 35.4 Å². The number of carbonyl (C=O) groups excluding carboxylic acids is 1. The molecular formula is C16H23NO4S. The largest absolute Gasteiger partial charge is 0.469 e. The van der Waals surface area contributed by atoms with E-state index in [0.717, 1.165) is 24.8 Å². The molecule has 0 saturated carbocycles. The lowest BCUT2D eigenvalue weighted by Gasteiger charge is -2.28. The third-order valence-electron chi connectivity index (χ3n) is 3.98. The molecule has 0 aliphatic heterocycles. The first-order chi connectivity index (χ1) is 10.2. The van der Waals surface area contributed by atoms with E-state index in [0.29, 0.717) is 0 Å². The second kappa shape index (κ2) is 6.38. The number of carbonyl (C=O) groups is 1. The van der Waals surface area contributed by atoms with E-state index < -0.39 is 21.4 Å². The van der Waals surface area contributed by atoms with Gasteiger partial charge in [0.2, 0.25) is 10.0 Å². The first-order valence-electron chi connectivity index (χ1n) is 7.41. The highest BCUT2D eigenvalue weighted by molar-refractivity contribution is 7.89. The molecule has 1 atom stereocenters. The van der Waals surface area contributed by atoms with Gasteiger partial charge < -0.3 is 4.74 Å². The first kappa shape index (κ1) is 17.0. The van der Waals surface area contributed by atoms with Crippen LogP contribution in [0.1, 0.15) is 43.9 Å². The Morgan fingerprint density at radius 2 is 2.05 bits per heavy atom. The summed E-state index contributed by atoms with van der Waals surface area (Å²) < 4.78 is 32.3. The maximum Gasteiger partial charge on any atom is 0.312 e. The summed E-state index contributed by atoms with van der Waals surface area (Å²) in [5.74, 6) is -0.812. The number of ether oxygens (including phenoxy) is 1. The highest BCUT2D eigenvalue weighted by Gasteiger charge is 2.36. The van der Waals surface area contributed by atoms with E-state index in [1.807, 2.05) is 24.3 Å². The fraction of sp³-hybridized carbons (Fsp3) is 0.562. The summed E-state index contributed by atoms with van der Waals surface area (Å²) in [5.41, 5.74) is 1.15. The zero-order valence-electron chi connectivity index (χ0n) is 13.3. The maximum absolute atomic E-state index is 12.4. The van der Waals surface area contributed by atoms with Gasteiger partial charge in [0.05, 0.1) is 18.3 Å². The van der Waals surface area contributed by atoms with Crippen LogP contribution in [0.25, 0.3) is 0 Å². The van der Waals surface area contributed by atoms with Crippen molar-refractivity contribution in [2.75, 3.05) is 12.9 Å². The van der Waals surface area contributed by atoms with Crippen molar-refractivity contribution in [2.24, 2.45) is 5.41 Å². The number of aryl methyl sites for hydroxylation is 1. The molecule has 22 heavy (non-hydrogen) atoms. The van der Waals surface area contributed by atoms with E-state index in [-0.39, 0.29) is 11.8 Å². The molecule has 0 saturated heterocycles. The molecule has 1 aliphatic rings. The average molecular weight is 325 g/mol. The van der Waals surface area contributed by atoms with Crippen molar-refractivity contribution in [2.45, 2.75) is 39.2 Å². The lowest BCUT2D eigenvalue weighted by molar-refractivity contribution is -0.149. The van der Waals surface area contributed by atoms with Crippen molar-refractivity contribution in [1.82, 2.24) is 4.72 Å². The van der Waals surface area contributed by atoms with Crippen molar-refractivity contribution < 1.29 is 17.9 Å². The molecule has 0 aromatic heterocycles. The Morgan fingerprint density at radius 1 is 1.36 bits per heavy atom. The minimum atomic E-state index is -3.59. The predicted octanol–water partition coefficient (Wildman–Crippen LogP) is 2.18. The number of hydrogen-bond acceptors (Lipinski definition) is 4. The summed E-state index contributed by atoms with van der Waals surface area (Å²) in [6.07, 6.45) is 2.70. The molecule has 1 N–H and O–H groups in total. The molecule has 0 amide bonds. The first-order valence-corrected chi connectivity index (χ1v) is 9.06. The summed E-state index contributed by atoms with van der Waals surface area (Å²) in [6.45, 7) is 3.15. The van der Waals surface area contributed by atoms with E-state index in [1.54, 1.807) is 13.8 Å². The number of sulfonamides is 1. The number of benzene rings is 1. The summed E-state index contributed by atoms with van der Waals surface area (Å²) in [5, 5.41) is 0. The van der Waals surface area contributed by atoms with Gasteiger partial charge in [0.15, 0.2) is 0 Å². The number of rotatable bonds is 5. The van der Waals surface area contributed by atoms with Crippen LogP contribution >= 0.6 is 0 Å². The van der Waals surface area contributed by atoms with E-state index in [2.05, 4.69) is 9.46 Å². The molecule has 0 heterocycles. The zero-order chi connectivity index (χ0) is 16.4. The third-order valence-corrected chi connectivity index (χ3v) is 5.73. The molecule has 0 spiro atoms. The summed E-state index contributed by atoms with van der Waals surface area (Å²) in [6, 6.07) is 7.67. The summed E-state index contributed by atoms with van der Waals surface area (Å²) in [7, 11) is -2.32.